The minimum atomic E-state index is -0.307. The molecule has 234 valence electrons. The van der Waals surface area contributed by atoms with Crippen LogP contribution in [-0.2, 0) is 16.0 Å². The molecule has 0 aliphatic carbocycles. The lowest BCUT2D eigenvalue weighted by Crippen LogP contribution is -2.38. The molecule has 0 spiro atoms. The summed E-state index contributed by atoms with van der Waals surface area (Å²) >= 11 is 0. The summed E-state index contributed by atoms with van der Waals surface area (Å²) in [7, 11) is 0. The number of aryl methyl sites for hydroxylation is 1. The first-order valence-electron chi connectivity index (χ1n) is 16.2. The summed E-state index contributed by atoms with van der Waals surface area (Å²) in [6, 6.07) is 26.4. The lowest BCUT2D eigenvalue weighted by molar-refractivity contribution is -0.135. The van der Waals surface area contributed by atoms with E-state index in [0.29, 0.717) is 32.0 Å². The van der Waals surface area contributed by atoms with Gasteiger partial charge in [0, 0.05) is 37.5 Å². The second-order valence-corrected chi connectivity index (χ2v) is 11.6. The topological polar surface area (TPSA) is 97.0 Å². The number of rotatable bonds is 17. The van der Waals surface area contributed by atoms with Crippen molar-refractivity contribution in [2.24, 2.45) is 16.6 Å². The monoisotopic (exact) mass is 596 g/mol. The predicted octanol–water partition coefficient (Wildman–Crippen LogP) is 6.39. The number of amides is 2. The zero-order valence-corrected chi connectivity index (χ0v) is 26.3. The maximum atomic E-state index is 13.4. The Kier molecular flexibility index (Phi) is 12.8. The first kappa shape index (κ1) is 32.8. The molecule has 44 heavy (non-hydrogen) atoms. The van der Waals surface area contributed by atoms with Gasteiger partial charge in [0.15, 0.2) is 0 Å². The Morgan fingerprint density at radius 2 is 1.61 bits per heavy atom. The zero-order valence-electron chi connectivity index (χ0n) is 26.3. The summed E-state index contributed by atoms with van der Waals surface area (Å²) < 4.78 is 6.23. The third kappa shape index (κ3) is 9.69. The van der Waals surface area contributed by atoms with Crippen LogP contribution in [-0.4, -0.2) is 54.8 Å². The summed E-state index contributed by atoms with van der Waals surface area (Å²) in [5, 5.41) is 2.97. The van der Waals surface area contributed by atoms with E-state index in [-0.39, 0.29) is 30.2 Å². The number of benzene rings is 3. The van der Waals surface area contributed by atoms with Crippen LogP contribution in [0.5, 0.6) is 5.75 Å². The van der Waals surface area contributed by atoms with Gasteiger partial charge < -0.3 is 20.7 Å². The van der Waals surface area contributed by atoms with Gasteiger partial charge in [-0.3, -0.25) is 14.6 Å². The van der Waals surface area contributed by atoms with E-state index in [9.17, 15) is 9.59 Å². The van der Waals surface area contributed by atoms with E-state index in [1.807, 2.05) is 59.5 Å². The maximum Gasteiger partial charge on any atom is 0.226 e. The van der Waals surface area contributed by atoms with Crippen molar-refractivity contribution < 1.29 is 14.3 Å². The summed E-state index contributed by atoms with van der Waals surface area (Å²) in [6.07, 6.45) is 6.73. The molecule has 2 atom stereocenters. The number of likely N-dealkylation sites (tertiary alicyclic amines) is 1. The van der Waals surface area contributed by atoms with E-state index in [0.717, 1.165) is 67.5 Å². The molecule has 0 aromatic heterocycles. The summed E-state index contributed by atoms with van der Waals surface area (Å²) in [5.41, 5.74) is 10.5. The van der Waals surface area contributed by atoms with Gasteiger partial charge in [0.05, 0.1) is 6.04 Å². The number of unbranched alkanes of at least 4 members (excludes halogenated alkanes) is 2. The third-order valence-electron chi connectivity index (χ3n) is 8.23. The minimum Gasteiger partial charge on any atom is -0.491 e. The van der Waals surface area contributed by atoms with Crippen LogP contribution in [0.1, 0.15) is 69.9 Å². The highest BCUT2D eigenvalue weighted by molar-refractivity contribution is 5.97. The number of hydrogen-bond acceptors (Lipinski definition) is 4. The van der Waals surface area contributed by atoms with Crippen molar-refractivity contribution in [1.82, 2.24) is 10.2 Å². The highest BCUT2D eigenvalue weighted by atomic mass is 16.5. The normalized spacial score (nSPS) is 16.7. The molecular weight excluding hydrogens is 548 g/mol. The second kappa shape index (κ2) is 17.2. The molecule has 3 N–H and O–H groups in total. The Bertz CT molecular complexity index is 1340. The SMILES string of the molecule is CCCCN=C(N)c1ccc(-c2ccc(OC[C@@H]3C[C@@H](CC(=O)NCCCC)C(=O)N3CCCc3ccccc3)cc2)cc1. The van der Waals surface area contributed by atoms with E-state index in [4.69, 9.17) is 10.5 Å². The fourth-order valence-corrected chi connectivity index (χ4v) is 5.61. The van der Waals surface area contributed by atoms with Gasteiger partial charge in [-0.05, 0) is 60.9 Å². The molecule has 0 unspecified atom stereocenters. The summed E-state index contributed by atoms with van der Waals surface area (Å²) in [6.45, 7) is 6.70. The number of carbonyl (C=O) groups excluding carboxylic acids is 2. The minimum absolute atomic E-state index is 0.0438. The molecule has 0 radical (unpaired) electrons. The molecule has 1 heterocycles. The Labute approximate surface area is 262 Å². The van der Waals surface area contributed by atoms with E-state index < -0.39 is 0 Å². The predicted molar refractivity (Wildman–Crippen MR) is 179 cm³/mol. The Morgan fingerprint density at radius 1 is 0.932 bits per heavy atom. The van der Waals surface area contributed by atoms with Gasteiger partial charge in [-0.15, -0.1) is 0 Å². The van der Waals surface area contributed by atoms with E-state index >= 15 is 0 Å². The molecule has 1 aliphatic rings. The highest BCUT2D eigenvalue weighted by Gasteiger charge is 2.40. The van der Waals surface area contributed by atoms with Gasteiger partial charge in [0.25, 0.3) is 0 Å². The molecule has 3 aromatic carbocycles. The molecule has 1 saturated heterocycles. The molecule has 7 heteroatoms. The lowest BCUT2D eigenvalue weighted by atomic mass is 10.0. The van der Waals surface area contributed by atoms with Crippen LogP contribution in [0.3, 0.4) is 0 Å². The number of carbonyl (C=O) groups is 2. The van der Waals surface area contributed by atoms with E-state index in [1.54, 1.807) is 0 Å². The zero-order chi connectivity index (χ0) is 31.1. The maximum absolute atomic E-state index is 13.4. The van der Waals surface area contributed by atoms with Crippen molar-refractivity contribution in [3.63, 3.8) is 0 Å². The second-order valence-electron chi connectivity index (χ2n) is 11.6. The van der Waals surface area contributed by atoms with E-state index in [2.05, 4.69) is 48.4 Å². The van der Waals surface area contributed by atoms with E-state index in [1.165, 1.54) is 5.56 Å². The smallest absolute Gasteiger partial charge is 0.226 e. The lowest BCUT2D eigenvalue weighted by Gasteiger charge is -2.25. The van der Waals surface area contributed by atoms with Crippen molar-refractivity contribution in [2.75, 3.05) is 26.2 Å². The van der Waals surface area contributed by atoms with Gasteiger partial charge in [0.2, 0.25) is 11.8 Å². The van der Waals surface area contributed by atoms with Crippen LogP contribution in [0.4, 0.5) is 0 Å². The van der Waals surface area contributed by atoms with Crippen molar-refractivity contribution >= 4 is 17.6 Å². The molecule has 0 saturated carbocycles. The number of hydrogen-bond donors (Lipinski definition) is 2. The van der Waals surface area contributed by atoms with Crippen LogP contribution in [0.2, 0.25) is 0 Å². The van der Waals surface area contributed by atoms with Gasteiger partial charge in [0.1, 0.15) is 18.2 Å². The standard InChI is InChI=1S/C37H48N4O3/c1-3-5-22-39-35(42)26-32-25-33(41(37(32)43)24-10-13-28-11-8-7-9-12-28)27-44-34-20-18-30(19-21-34)29-14-16-31(17-15-29)36(38)40-23-6-4-2/h7-9,11-12,14-21,32-33H,3-6,10,13,22-27H2,1-2H3,(H2,38,40)(H,39,42)/t32-,33-/m0/s1. The molecule has 2 amide bonds. The third-order valence-corrected chi connectivity index (χ3v) is 8.23. The van der Waals surface area contributed by atoms with Crippen LogP contribution >= 0.6 is 0 Å². The number of nitrogens with two attached hydrogens (primary N) is 1. The average Bonchev–Trinajstić information content (AvgIpc) is 3.34. The molecule has 0 bridgehead atoms. The van der Waals surface area contributed by atoms with Crippen LogP contribution < -0.4 is 15.8 Å². The van der Waals surface area contributed by atoms with Crippen molar-refractivity contribution in [2.45, 2.75) is 71.3 Å². The number of aliphatic imine (C=N–C) groups is 1. The van der Waals surface area contributed by atoms with Crippen LogP contribution in [0.25, 0.3) is 11.1 Å². The number of ether oxygens (including phenoxy) is 1. The molecule has 4 rings (SSSR count). The van der Waals surface area contributed by atoms with Crippen molar-refractivity contribution in [3.8, 4) is 16.9 Å². The fraction of sp³-hybridized carbons (Fsp3) is 0.432. The molecule has 1 fully saturated rings. The van der Waals surface area contributed by atoms with Gasteiger partial charge in [-0.25, -0.2) is 0 Å². The van der Waals surface area contributed by atoms with Crippen LogP contribution in [0.15, 0.2) is 83.9 Å². The Hall–Kier alpha value is -4.13. The molecule has 1 aliphatic heterocycles. The fourth-order valence-electron chi connectivity index (χ4n) is 5.61. The number of nitrogens with zero attached hydrogens (tertiary/aromatic N) is 2. The van der Waals surface area contributed by atoms with Crippen molar-refractivity contribution in [1.29, 1.82) is 0 Å². The Morgan fingerprint density at radius 3 is 2.30 bits per heavy atom. The van der Waals surface area contributed by atoms with Gasteiger partial charge in [-0.1, -0.05) is 93.4 Å². The first-order chi connectivity index (χ1) is 21.5. The summed E-state index contributed by atoms with van der Waals surface area (Å²) in [5.74, 6) is 1.05. The average molecular weight is 597 g/mol. The summed E-state index contributed by atoms with van der Waals surface area (Å²) in [4.78, 5) is 32.4. The van der Waals surface area contributed by atoms with Gasteiger partial charge in [-0.2, -0.15) is 0 Å². The van der Waals surface area contributed by atoms with Crippen molar-refractivity contribution in [3.05, 3.63) is 90.0 Å². The quantitative estimate of drug-likeness (QED) is 0.107. The largest absolute Gasteiger partial charge is 0.491 e. The number of nitrogens with one attached hydrogen (secondary N) is 1. The van der Waals surface area contributed by atoms with Gasteiger partial charge >= 0.3 is 0 Å². The highest BCUT2D eigenvalue weighted by Crippen LogP contribution is 2.29. The Balaban J connectivity index is 1.35. The molecular formula is C37H48N4O3. The first-order valence-corrected chi connectivity index (χ1v) is 16.2. The van der Waals surface area contributed by atoms with Crippen LogP contribution in [0, 0.1) is 5.92 Å². The number of amidine groups is 1. The molecule has 7 nitrogen and oxygen atoms in total. The molecule has 3 aromatic rings.